The predicted molar refractivity (Wildman–Crippen MR) is 96.4 cm³/mol. The standard InChI is InChI=1S/C14H29N3O3.HI/c1-5-15-14(17-12(2)11-19-3)16-10-8-6-7-9-13(18)20-4;/h12H,5-11H2,1-4H3,(H2,15,16,17);1H. The molecule has 126 valence electrons. The van der Waals surface area contributed by atoms with Crippen LogP contribution in [0.4, 0.5) is 0 Å². The molecule has 0 rings (SSSR count). The zero-order valence-corrected chi connectivity index (χ0v) is 15.9. The van der Waals surface area contributed by atoms with E-state index in [0.717, 1.165) is 38.3 Å². The minimum atomic E-state index is -0.142. The lowest BCUT2D eigenvalue weighted by Crippen LogP contribution is -2.44. The summed E-state index contributed by atoms with van der Waals surface area (Å²) in [6.07, 6.45) is 3.29. The van der Waals surface area contributed by atoms with Crippen LogP contribution >= 0.6 is 24.0 Å². The fraction of sp³-hybridized carbons (Fsp3) is 0.857. The van der Waals surface area contributed by atoms with E-state index in [-0.39, 0.29) is 36.0 Å². The number of unbranched alkanes of at least 4 members (excludes halogenated alkanes) is 2. The third-order valence-corrected chi connectivity index (χ3v) is 2.68. The zero-order chi connectivity index (χ0) is 15.2. The number of nitrogens with zero attached hydrogens (tertiary/aromatic N) is 1. The second kappa shape index (κ2) is 15.8. The summed E-state index contributed by atoms with van der Waals surface area (Å²) < 4.78 is 9.68. The lowest BCUT2D eigenvalue weighted by Gasteiger charge is -2.16. The van der Waals surface area contributed by atoms with E-state index in [1.54, 1.807) is 7.11 Å². The normalized spacial score (nSPS) is 12.3. The lowest BCUT2D eigenvalue weighted by atomic mass is 10.2. The number of nitrogens with one attached hydrogen (secondary N) is 2. The SMILES string of the molecule is CCNC(=NCCCCCC(=O)OC)NC(C)COC.I. The third-order valence-electron chi connectivity index (χ3n) is 2.68. The Balaban J connectivity index is 0. The number of methoxy groups -OCH3 is 2. The largest absolute Gasteiger partial charge is 0.469 e. The highest BCUT2D eigenvalue weighted by molar-refractivity contribution is 14.0. The van der Waals surface area contributed by atoms with Crippen molar-refractivity contribution in [1.29, 1.82) is 0 Å². The first-order valence-corrected chi connectivity index (χ1v) is 7.24. The van der Waals surface area contributed by atoms with Crippen LogP contribution in [0.25, 0.3) is 0 Å². The summed E-state index contributed by atoms with van der Waals surface area (Å²) in [7, 11) is 3.10. The van der Waals surface area contributed by atoms with E-state index in [4.69, 9.17) is 4.74 Å². The quantitative estimate of drug-likeness (QED) is 0.188. The molecule has 0 aromatic heterocycles. The molecule has 0 saturated heterocycles. The number of ether oxygens (including phenoxy) is 2. The summed E-state index contributed by atoms with van der Waals surface area (Å²) >= 11 is 0. The van der Waals surface area contributed by atoms with Gasteiger partial charge in [-0.05, 0) is 26.7 Å². The molecule has 0 aliphatic carbocycles. The number of guanidine groups is 1. The van der Waals surface area contributed by atoms with Gasteiger partial charge in [-0.1, -0.05) is 6.42 Å². The molecule has 1 unspecified atom stereocenters. The second-order valence-electron chi connectivity index (χ2n) is 4.65. The predicted octanol–water partition coefficient (Wildman–Crippen LogP) is 1.93. The topological polar surface area (TPSA) is 72.0 Å². The van der Waals surface area contributed by atoms with Gasteiger partial charge in [0.15, 0.2) is 5.96 Å². The highest BCUT2D eigenvalue weighted by atomic mass is 127. The molecular formula is C14H30IN3O3. The van der Waals surface area contributed by atoms with Gasteiger partial charge in [0.25, 0.3) is 0 Å². The molecule has 2 N–H and O–H groups in total. The Kier molecular flexibility index (Phi) is 17.1. The minimum Gasteiger partial charge on any atom is -0.469 e. The summed E-state index contributed by atoms with van der Waals surface area (Å²) in [6, 6.07) is 0.220. The van der Waals surface area contributed by atoms with Crippen molar-refractivity contribution in [2.45, 2.75) is 45.6 Å². The number of rotatable bonds is 10. The lowest BCUT2D eigenvalue weighted by molar-refractivity contribution is -0.140. The number of halogens is 1. The van der Waals surface area contributed by atoms with Crippen LogP contribution in [-0.2, 0) is 14.3 Å². The Labute approximate surface area is 145 Å². The molecule has 6 nitrogen and oxygen atoms in total. The minimum absolute atomic E-state index is 0. The van der Waals surface area contributed by atoms with Crippen molar-refractivity contribution in [1.82, 2.24) is 10.6 Å². The van der Waals surface area contributed by atoms with Crippen LogP contribution < -0.4 is 10.6 Å². The summed E-state index contributed by atoms with van der Waals surface area (Å²) in [5, 5.41) is 6.48. The van der Waals surface area contributed by atoms with Gasteiger partial charge in [-0.15, -0.1) is 24.0 Å². The van der Waals surface area contributed by atoms with Crippen molar-refractivity contribution >= 4 is 35.9 Å². The van der Waals surface area contributed by atoms with Gasteiger partial charge < -0.3 is 20.1 Å². The maximum atomic E-state index is 10.9. The van der Waals surface area contributed by atoms with Crippen LogP contribution in [0.2, 0.25) is 0 Å². The molecule has 0 heterocycles. The first kappa shape index (κ1) is 22.7. The third kappa shape index (κ3) is 14.1. The number of hydrogen-bond acceptors (Lipinski definition) is 4. The van der Waals surface area contributed by atoms with Crippen LogP contribution in [0.1, 0.15) is 39.5 Å². The summed E-state index contributed by atoms with van der Waals surface area (Å²) in [5.74, 6) is 0.668. The maximum absolute atomic E-state index is 10.9. The van der Waals surface area contributed by atoms with Crippen LogP contribution in [0, 0.1) is 0 Å². The molecule has 0 aliphatic rings. The van der Waals surface area contributed by atoms with Crippen LogP contribution in [0.15, 0.2) is 4.99 Å². The molecule has 0 bridgehead atoms. The molecule has 0 saturated carbocycles. The molecule has 0 spiro atoms. The molecule has 0 aliphatic heterocycles. The zero-order valence-electron chi connectivity index (χ0n) is 13.6. The smallest absolute Gasteiger partial charge is 0.305 e. The molecule has 0 radical (unpaired) electrons. The Morgan fingerprint density at radius 2 is 1.95 bits per heavy atom. The molecular weight excluding hydrogens is 385 g/mol. The van der Waals surface area contributed by atoms with Crippen molar-refractivity contribution in [2.24, 2.45) is 4.99 Å². The molecule has 0 amide bonds. The first-order chi connectivity index (χ1) is 9.63. The first-order valence-electron chi connectivity index (χ1n) is 7.24. The van der Waals surface area contributed by atoms with Crippen molar-refractivity contribution < 1.29 is 14.3 Å². The number of carbonyl (C=O) groups is 1. The number of aliphatic imine (C=N–C) groups is 1. The van der Waals surface area contributed by atoms with Gasteiger partial charge in [0, 0.05) is 32.7 Å². The van der Waals surface area contributed by atoms with E-state index in [1.807, 2.05) is 13.8 Å². The Morgan fingerprint density at radius 1 is 1.24 bits per heavy atom. The van der Waals surface area contributed by atoms with E-state index in [0.29, 0.717) is 13.0 Å². The average Bonchev–Trinajstić information content (AvgIpc) is 2.42. The van der Waals surface area contributed by atoms with Gasteiger partial charge in [-0.3, -0.25) is 9.79 Å². The Morgan fingerprint density at radius 3 is 2.52 bits per heavy atom. The number of carbonyl (C=O) groups excluding carboxylic acids is 1. The second-order valence-corrected chi connectivity index (χ2v) is 4.65. The molecule has 21 heavy (non-hydrogen) atoms. The Hall–Kier alpha value is -0.570. The van der Waals surface area contributed by atoms with Crippen LogP contribution in [0.5, 0.6) is 0 Å². The molecule has 0 aromatic carbocycles. The van der Waals surface area contributed by atoms with Gasteiger partial charge in [-0.2, -0.15) is 0 Å². The van der Waals surface area contributed by atoms with Gasteiger partial charge in [-0.25, -0.2) is 0 Å². The average molecular weight is 415 g/mol. The van der Waals surface area contributed by atoms with E-state index >= 15 is 0 Å². The summed E-state index contributed by atoms with van der Waals surface area (Å²) in [5.41, 5.74) is 0. The highest BCUT2D eigenvalue weighted by Crippen LogP contribution is 2.01. The van der Waals surface area contributed by atoms with E-state index in [1.165, 1.54) is 7.11 Å². The van der Waals surface area contributed by atoms with E-state index in [9.17, 15) is 4.79 Å². The molecule has 7 heteroatoms. The highest BCUT2D eigenvalue weighted by Gasteiger charge is 2.04. The monoisotopic (exact) mass is 415 g/mol. The van der Waals surface area contributed by atoms with Crippen molar-refractivity contribution in [3.8, 4) is 0 Å². The van der Waals surface area contributed by atoms with Crippen LogP contribution in [-0.4, -0.2) is 51.9 Å². The summed E-state index contributed by atoms with van der Waals surface area (Å²) in [4.78, 5) is 15.4. The molecule has 0 aromatic rings. The molecule has 0 fully saturated rings. The van der Waals surface area contributed by atoms with Gasteiger partial charge in [0.05, 0.1) is 13.7 Å². The molecule has 1 atom stereocenters. The van der Waals surface area contributed by atoms with Crippen molar-refractivity contribution in [2.75, 3.05) is 33.9 Å². The van der Waals surface area contributed by atoms with Gasteiger partial charge in [0.1, 0.15) is 0 Å². The van der Waals surface area contributed by atoms with Crippen molar-refractivity contribution in [3.63, 3.8) is 0 Å². The summed E-state index contributed by atoms with van der Waals surface area (Å²) in [6.45, 7) is 6.30. The van der Waals surface area contributed by atoms with E-state index in [2.05, 4.69) is 20.4 Å². The van der Waals surface area contributed by atoms with E-state index < -0.39 is 0 Å². The van der Waals surface area contributed by atoms with Crippen molar-refractivity contribution in [3.05, 3.63) is 0 Å². The number of esters is 1. The van der Waals surface area contributed by atoms with Gasteiger partial charge in [0.2, 0.25) is 0 Å². The van der Waals surface area contributed by atoms with Gasteiger partial charge >= 0.3 is 5.97 Å². The fourth-order valence-corrected chi connectivity index (χ4v) is 1.70. The van der Waals surface area contributed by atoms with Crippen LogP contribution in [0.3, 0.4) is 0 Å². The fourth-order valence-electron chi connectivity index (χ4n) is 1.70. The number of hydrogen-bond donors (Lipinski definition) is 2. The maximum Gasteiger partial charge on any atom is 0.305 e. The Bertz CT molecular complexity index is 289.